The Morgan fingerprint density at radius 3 is 1.20 bits per heavy atom. The second-order valence-corrected chi connectivity index (χ2v) is 20.0. The predicted molar refractivity (Wildman–Crippen MR) is 321 cm³/mol. The summed E-state index contributed by atoms with van der Waals surface area (Å²) in [7, 11) is 0. The molecule has 0 bridgehead atoms. The molecule has 0 aliphatic carbocycles. The van der Waals surface area contributed by atoms with Crippen LogP contribution in [0.5, 0.6) is 0 Å². The SMILES string of the molecule is N#Cc1cc(-n2c3ccc(-c4ccccn4)cc3c3cc(-c4ccccn4)ccc32)c(-c2cccc3c2C(=O)N(c2ccccc2-c2ccccc2)C3=O)cc1-n1c2ccc(-c3ccccn3)cc2c2cc(-c3ccccn3)ccc21. The van der Waals surface area contributed by atoms with Gasteiger partial charge in [0.25, 0.3) is 11.8 Å². The van der Waals surface area contributed by atoms with E-state index < -0.39 is 11.8 Å². The quantitative estimate of drug-likeness (QED) is 0.132. The number of carbonyl (C=O) groups is 2. The van der Waals surface area contributed by atoms with E-state index in [-0.39, 0.29) is 11.1 Å². The average molecular weight is 1040 g/mol. The Labute approximate surface area is 464 Å². The Bertz CT molecular complexity index is 4720. The fourth-order valence-electron chi connectivity index (χ4n) is 11.8. The van der Waals surface area contributed by atoms with Crippen molar-refractivity contribution in [2.75, 3.05) is 4.90 Å². The molecule has 6 aromatic heterocycles. The number of hydrogen-bond acceptors (Lipinski definition) is 7. The van der Waals surface area contributed by atoms with E-state index in [4.69, 9.17) is 19.9 Å². The smallest absolute Gasteiger partial charge is 0.266 e. The maximum Gasteiger partial charge on any atom is 0.266 e. The highest BCUT2D eigenvalue weighted by atomic mass is 16.2. The normalized spacial score (nSPS) is 12.2. The summed E-state index contributed by atoms with van der Waals surface area (Å²) in [6, 6.07) is 78.2. The monoisotopic (exact) mass is 1040 g/mol. The Hall–Kier alpha value is -11.4. The lowest BCUT2D eigenvalue weighted by Crippen LogP contribution is -2.30. The van der Waals surface area contributed by atoms with Crippen molar-refractivity contribution in [2.24, 2.45) is 0 Å². The molecule has 1 aliphatic rings. The van der Waals surface area contributed by atoms with Crippen molar-refractivity contribution in [2.45, 2.75) is 0 Å². The summed E-state index contributed by atoms with van der Waals surface area (Å²) in [6.45, 7) is 0. The molecule has 2 amide bonds. The van der Waals surface area contributed by atoms with E-state index >= 15 is 9.59 Å². The average Bonchev–Trinajstić information content (AvgIpc) is 4.36. The predicted octanol–water partition coefficient (Wildman–Crippen LogP) is 16.1. The minimum atomic E-state index is -0.450. The number of imide groups is 1. The van der Waals surface area contributed by atoms with E-state index in [1.165, 1.54) is 4.90 Å². The third-order valence-electron chi connectivity index (χ3n) is 15.5. The molecule has 0 saturated carbocycles. The number of fused-ring (bicyclic) bond motifs is 7. The maximum atomic E-state index is 15.7. The van der Waals surface area contributed by atoms with Gasteiger partial charge in [-0.3, -0.25) is 29.5 Å². The van der Waals surface area contributed by atoms with Gasteiger partial charge in [0.1, 0.15) is 6.07 Å². The van der Waals surface area contributed by atoms with Crippen molar-refractivity contribution in [3.05, 3.63) is 272 Å². The molecule has 7 heterocycles. The van der Waals surface area contributed by atoms with Gasteiger partial charge in [-0.1, -0.05) is 109 Å². The molecule has 1 aliphatic heterocycles. The Morgan fingerprint density at radius 2 is 0.741 bits per heavy atom. The zero-order chi connectivity index (χ0) is 54.1. The number of rotatable bonds is 9. The van der Waals surface area contributed by atoms with Crippen molar-refractivity contribution in [1.29, 1.82) is 5.26 Å². The number of hydrogen-bond donors (Lipinski definition) is 0. The minimum Gasteiger partial charge on any atom is -0.309 e. The molecule has 0 atom stereocenters. The third-order valence-corrected chi connectivity index (χ3v) is 15.5. The molecule has 8 aromatic carbocycles. The van der Waals surface area contributed by atoms with Crippen LogP contribution >= 0.6 is 0 Å². The standard InChI is InChI=1S/C71H42N8O2/c72-43-49-41-68(78-65-31-27-47(60-22-8-12-35-75-60)39-55(65)56-40-48(28-32-66(56)78)61-23-9-13-36-76-61)57(51-18-14-19-52-69(51)71(81)79(70(52)80)62-24-5-4-17-50(62)44-15-2-1-3-16-44)42-67(49)77-63-29-25-45(58-20-6-10-33-73-58)37-53(63)54-38-46(26-30-64(54)77)59-21-7-11-34-74-59/h1-42H. The molecule has 10 heteroatoms. The molecule has 0 unspecified atom stereocenters. The number of benzene rings is 8. The number of amides is 2. The molecule has 10 nitrogen and oxygen atoms in total. The van der Waals surface area contributed by atoms with Crippen LogP contribution in [0.3, 0.4) is 0 Å². The van der Waals surface area contributed by atoms with Gasteiger partial charge in [-0.2, -0.15) is 5.26 Å². The second kappa shape index (κ2) is 19.0. The zero-order valence-corrected chi connectivity index (χ0v) is 43.1. The summed E-state index contributed by atoms with van der Waals surface area (Å²) < 4.78 is 4.33. The van der Waals surface area contributed by atoms with Crippen LogP contribution in [-0.2, 0) is 0 Å². The van der Waals surface area contributed by atoms with Crippen LogP contribution in [0.25, 0.3) is 122 Å². The van der Waals surface area contributed by atoms with Gasteiger partial charge >= 0.3 is 0 Å². The molecule has 0 saturated heterocycles. The van der Waals surface area contributed by atoms with Crippen LogP contribution in [0.2, 0.25) is 0 Å². The first-order chi connectivity index (χ1) is 40.0. The fourth-order valence-corrected chi connectivity index (χ4v) is 11.8. The Morgan fingerprint density at radius 1 is 0.321 bits per heavy atom. The number of carbonyl (C=O) groups excluding carboxylic acids is 2. The first-order valence-electron chi connectivity index (χ1n) is 26.6. The molecule has 0 radical (unpaired) electrons. The van der Waals surface area contributed by atoms with E-state index in [9.17, 15) is 5.26 Å². The number of nitrogens with zero attached hydrogens (tertiary/aromatic N) is 8. The second-order valence-electron chi connectivity index (χ2n) is 20.0. The summed E-state index contributed by atoms with van der Waals surface area (Å²) in [6.07, 6.45) is 7.17. The Kier molecular flexibility index (Phi) is 11.0. The van der Waals surface area contributed by atoms with Gasteiger partial charge in [0.15, 0.2) is 0 Å². The van der Waals surface area contributed by atoms with Gasteiger partial charge < -0.3 is 9.13 Å². The van der Waals surface area contributed by atoms with Crippen LogP contribution in [0.4, 0.5) is 5.69 Å². The van der Waals surface area contributed by atoms with E-state index in [0.717, 1.165) is 99.8 Å². The molecular formula is C71H42N8O2. The summed E-state index contributed by atoms with van der Waals surface area (Å²) in [5, 5.41) is 15.5. The lowest BCUT2D eigenvalue weighted by molar-refractivity contribution is 0.0926. The third kappa shape index (κ3) is 7.63. The van der Waals surface area contributed by atoms with E-state index in [1.807, 2.05) is 152 Å². The topological polar surface area (TPSA) is 123 Å². The maximum absolute atomic E-state index is 15.7. The minimum absolute atomic E-state index is 0.264. The molecule has 0 spiro atoms. The first-order valence-corrected chi connectivity index (χ1v) is 26.6. The number of aromatic nitrogens is 6. The molecule has 14 aromatic rings. The van der Waals surface area contributed by atoms with Crippen molar-refractivity contribution in [3.63, 3.8) is 0 Å². The summed E-state index contributed by atoms with van der Waals surface area (Å²) >= 11 is 0. The van der Waals surface area contributed by atoms with Crippen LogP contribution in [-0.4, -0.2) is 40.9 Å². The number of para-hydroxylation sites is 1. The van der Waals surface area contributed by atoms with Crippen molar-refractivity contribution >= 4 is 61.1 Å². The van der Waals surface area contributed by atoms with E-state index in [0.29, 0.717) is 33.8 Å². The van der Waals surface area contributed by atoms with Crippen LogP contribution < -0.4 is 4.90 Å². The highest BCUT2D eigenvalue weighted by Crippen LogP contribution is 2.46. The summed E-state index contributed by atoms with van der Waals surface area (Å²) in [5.41, 5.74) is 15.9. The molecule has 0 N–H and O–H groups in total. The van der Waals surface area contributed by atoms with Gasteiger partial charge in [0.2, 0.25) is 0 Å². The zero-order valence-electron chi connectivity index (χ0n) is 43.1. The molecule has 378 valence electrons. The van der Waals surface area contributed by atoms with Gasteiger partial charge in [-0.25, -0.2) is 4.90 Å². The largest absolute Gasteiger partial charge is 0.309 e. The van der Waals surface area contributed by atoms with Crippen LogP contribution in [0, 0.1) is 11.3 Å². The highest BCUT2D eigenvalue weighted by molar-refractivity contribution is 6.37. The van der Waals surface area contributed by atoms with Gasteiger partial charge in [-0.15, -0.1) is 0 Å². The number of pyridine rings is 4. The number of nitriles is 1. The van der Waals surface area contributed by atoms with Crippen LogP contribution in [0.1, 0.15) is 26.3 Å². The molecular weight excluding hydrogens is 997 g/mol. The highest BCUT2D eigenvalue weighted by Gasteiger charge is 2.40. The van der Waals surface area contributed by atoms with Gasteiger partial charge in [0, 0.05) is 79.7 Å². The van der Waals surface area contributed by atoms with Crippen LogP contribution in [0.15, 0.2) is 255 Å². The lowest BCUT2D eigenvalue weighted by Gasteiger charge is -2.20. The van der Waals surface area contributed by atoms with E-state index in [1.54, 1.807) is 30.9 Å². The molecule has 15 rings (SSSR count). The Balaban J connectivity index is 1.03. The van der Waals surface area contributed by atoms with E-state index in [2.05, 4.69) is 88.0 Å². The lowest BCUT2D eigenvalue weighted by atomic mass is 9.93. The van der Waals surface area contributed by atoms with Gasteiger partial charge in [-0.05, 0) is 132 Å². The summed E-state index contributed by atoms with van der Waals surface area (Å²) in [5.74, 6) is -0.875. The fraction of sp³-hybridized carbons (Fsp3) is 0. The van der Waals surface area contributed by atoms with Crippen molar-refractivity contribution in [1.82, 2.24) is 29.1 Å². The summed E-state index contributed by atoms with van der Waals surface area (Å²) in [4.78, 5) is 50.9. The van der Waals surface area contributed by atoms with Crippen molar-refractivity contribution in [3.8, 4) is 84.7 Å². The van der Waals surface area contributed by atoms with Gasteiger partial charge in [0.05, 0.1) is 78.6 Å². The van der Waals surface area contributed by atoms with Crippen molar-refractivity contribution < 1.29 is 9.59 Å². The molecule has 0 fully saturated rings. The number of anilines is 1. The first kappa shape index (κ1) is 46.9. The molecule has 81 heavy (non-hydrogen) atoms.